The minimum Gasteiger partial charge on any atom is -0.296 e. The van der Waals surface area contributed by atoms with Gasteiger partial charge in [-0.2, -0.15) is 5.10 Å². The van der Waals surface area contributed by atoms with Crippen LogP contribution in [0.4, 0.5) is 0 Å². The summed E-state index contributed by atoms with van der Waals surface area (Å²) in [5, 5.41) is 4.60. The molecule has 3 nitrogen and oxygen atoms in total. The molecule has 0 saturated heterocycles. The fraction of sp³-hybridized carbons (Fsp3) is 0.571. The Balaban J connectivity index is 1.99. The molecule has 0 N–H and O–H groups in total. The summed E-state index contributed by atoms with van der Waals surface area (Å²) >= 11 is 0. The lowest BCUT2D eigenvalue weighted by atomic mass is 9.97. The molecular weight excluding hydrogens is 294 g/mol. The van der Waals surface area contributed by atoms with Gasteiger partial charge in [0.2, 0.25) is 0 Å². The van der Waals surface area contributed by atoms with Crippen LogP contribution in [-0.4, -0.2) is 27.8 Å². The van der Waals surface area contributed by atoms with E-state index < -0.39 is 0 Å². The molecule has 0 aliphatic heterocycles. The van der Waals surface area contributed by atoms with Crippen LogP contribution in [0.3, 0.4) is 0 Å². The van der Waals surface area contributed by atoms with E-state index in [4.69, 9.17) is 0 Å². The molecular formula is C21H31N3. The summed E-state index contributed by atoms with van der Waals surface area (Å²) in [7, 11) is 2.03. The second-order valence-electron chi connectivity index (χ2n) is 7.17. The van der Waals surface area contributed by atoms with Crippen molar-refractivity contribution in [1.82, 2.24) is 14.7 Å². The zero-order chi connectivity index (χ0) is 17.3. The molecule has 1 unspecified atom stereocenters. The predicted molar refractivity (Wildman–Crippen MR) is 101 cm³/mol. The largest absolute Gasteiger partial charge is 0.296 e. The average Bonchev–Trinajstić information content (AvgIpc) is 3.08. The Hall–Kier alpha value is -1.61. The van der Waals surface area contributed by atoms with Crippen molar-refractivity contribution in [3.8, 4) is 11.1 Å². The summed E-state index contributed by atoms with van der Waals surface area (Å²) in [5.41, 5.74) is 8.11. The van der Waals surface area contributed by atoms with Crippen LogP contribution >= 0.6 is 0 Å². The number of hydrogen-bond acceptors (Lipinski definition) is 2. The molecule has 1 aliphatic carbocycles. The molecule has 1 aliphatic rings. The van der Waals surface area contributed by atoms with Crippen molar-refractivity contribution in [2.24, 2.45) is 7.05 Å². The van der Waals surface area contributed by atoms with Crippen LogP contribution in [0.25, 0.3) is 11.1 Å². The van der Waals surface area contributed by atoms with E-state index in [2.05, 4.69) is 55.9 Å². The van der Waals surface area contributed by atoms with E-state index in [1.807, 2.05) is 11.7 Å². The third-order valence-electron chi connectivity index (χ3n) is 5.45. The lowest BCUT2D eigenvalue weighted by Gasteiger charge is -2.29. The highest BCUT2D eigenvalue weighted by molar-refractivity contribution is 5.70. The van der Waals surface area contributed by atoms with E-state index in [1.165, 1.54) is 55.6 Å². The molecule has 1 aromatic carbocycles. The molecule has 1 heterocycles. The second-order valence-corrected chi connectivity index (χ2v) is 7.17. The van der Waals surface area contributed by atoms with Gasteiger partial charge in [-0.3, -0.25) is 9.58 Å². The monoisotopic (exact) mass is 325 g/mol. The number of aryl methyl sites for hydroxylation is 3. The zero-order valence-corrected chi connectivity index (χ0v) is 15.9. The second kappa shape index (κ2) is 7.10. The fourth-order valence-corrected chi connectivity index (χ4v) is 4.30. The molecule has 0 fully saturated rings. The number of aromatic nitrogens is 2. The van der Waals surface area contributed by atoms with Gasteiger partial charge in [0.05, 0.1) is 5.69 Å². The molecule has 3 heteroatoms. The maximum atomic E-state index is 4.60. The highest BCUT2D eigenvalue weighted by atomic mass is 15.3. The van der Waals surface area contributed by atoms with Crippen LogP contribution in [0.15, 0.2) is 18.2 Å². The van der Waals surface area contributed by atoms with Gasteiger partial charge in [-0.05, 0) is 75.4 Å². The Morgan fingerprint density at radius 2 is 1.88 bits per heavy atom. The minimum atomic E-state index is 0.595. The SMILES string of the molecule is CCCN(CCC)C1CCc2ccc(-c3c(C)nn(C)c3C)cc21. The van der Waals surface area contributed by atoms with Crippen LogP contribution in [0.5, 0.6) is 0 Å². The fourth-order valence-electron chi connectivity index (χ4n) is 4.30. The molecule has 1 atom stereocenters. The molecule has 1 aromatic heterocycles. The number of rotatable bonds is 6. The first-order valence-electron chi connectivity index (χ1n) is 9.44. The molecule has 0 spiro atoms. The van der Waals surface area contributed by atoms with Crippen LogP contribution in [0, 0.1) is 13.8 Å². The first-order chi connectivity index (χ1) is 11.6. The van der Waals surface area contributed by atoms with E-state index in [9.17, 15) is 0 Å². The van der Waals surface area contributed by atoms with Gasteiger partial charge in [-0.1, -0.05) is 26.0 Å². The normalized spacial score (nSPS) is 16.8. The van der Waals surface area contributed by atoms with Gasteiger partial charge in [0.1, 0.15) is 0 Å². The zero-order valence-electron chi connectivity index (χ0n) is 15.9. The van der Waals surface area contributed by atoms with E-state index in [-0.39, 0.29) is 0 Å². The Bertz CT molecular complexity index is 708. The molecule has 0 amide bonds. The number of hydrogen-bond donors (Lipinski definition) is 0. The lowest BCUT2D eigenvalue weighted by Crippen LogP contribution is -2.29. The molecule has 2 aromatic rings. The minimum absolute atomic E-state index is 0.595. The molecule has 24 heavy (non-hydrogen) atoms. The maximum absolute atomic E-state index is 4.60. The van der Waals surface area contributed by atoms with Crippen molar-refractivity contribution in [2.45, 2.75) is 59.4 Å². The van der Waals surface area contributed by atoms with Crippen molar-refractivity contribution in [3.63, 3.8) is 0 Å². The van der Waals surface area contributed by atoms with Gasteiger partial charge in [0, 0.05) is 24.3 Å². The van der Waals surface area contributed by atoms with Crippen LogP contribution in [0.1, 0.15) is 61.7 Å². The third kappa shape index (κ3) is 3.02. The number of nitrogens with zero attached hydrogens (tertiary/aromatic N) is 3. The molecule has 130 valence electrons. The average molecular weight is 326 g/mol. The van der Waals surface area contributed by atoms with Crippen LogP contribution in [-0.2, 0) is 13.5 Å². The van der Waals surface area contributed by atoms with Gasteiger partial charge in [-0.15, -0.1) is 0 Å². The highest BCUT2D eigenvalue weighted by Crippen LogP contribution is 2.39. The lowest BCUT2D eigenvalue weighted by molar-refractivity contribution is 0.197. The Morgan fingerprint density at radius 1 is 1.17 bits per heavy atom. The summed E-state index contributed by atoms with van der Waals surface area (Å²) < 4.78 is 2.00. The summed E-state index contributed by atoms with van der Waals surface area (Å²) in [6.07, 6.45) is 4.94. The Morgan fingerprint density at radius 3 is 2.46 bits per heavy atom. The van der Waals surface area contributed by atoms with Crippen molar-refractivity contribution >= 4 is 0 Å². The summed E-state index contributed by atoms with van der Waals surface area (Å²) in [4.78, 5) is 2.69. The molecule has 0 radical (unpaired) electrons. The molecule has 0 saturated carbocycles. The van der Waals surface area contributed by atoms with Gasteiger partial charge in [-0.25, -0.2) is 0 Å². The van der Waals surface area contributed by atoms with E-state index in [1.54, 1.807) is 11.1 Å². The van der Waals surface area contributed by atoms with Gasteiger partial charge < -0.3 is 0 Å². The number of benzene rings is 1. The van der Waals surface area contributed by atoms with Crippen LogP contribution in [0.2, 0.25) is 0 Å². The standard InChI is InChI=1S/C21H31N3/c1-6-12-24(13-7-2)20-11-10-17-8-9-18(14-19(17)20)21-15(3)22-23(5)16(21)4/h8-9,14,20H,6-7,10-13H2,1-5H3. The predicted octanol–water partition coefficient (Wildman–Crippen LogP) is 4.81. The van der Waals surface area contributed by atoms with E-state index >= 15 is 0 Å². The topological polar surface area (TPSA) is 21.1 Å². The van der Waals surface area contributed by atoms with Crippen molar-refractivity contribution in [2.75, 3.05) is 13.1 Å². The van der Waals surface area contributed by atoms with Crippen molar-refractivity contribution < 1.29 is 0 Å². The molecule has 0 bridgehead atoms. The van der Waals surface area contributed by atoms with Crippen molar-refractivity contribution in [1.29, 1.82) is 0 Å². The molecule has 3 rings (SSSR count). The maximum Gasteiger partial charge on any atom is 0.0674 e. The quantitative estimate of drug-likeness (QED) is 0.759. The van der Waals surface area contributed by atoms with Gasteiger partial charge >= 0.3 is 0 Å². The van der Waals surface area contributed by atoms with Crippen molar-refractivity contribution in [3.05, 3.63) is 40.7 Å². The summed E-state index contributed by atoms with van der Waals surface area (Å²) in [5.74, 6) is 0. The first kappa shape index (κ1) is 17.2. The first-order valence-corrected chi connectivity index (χ1v) is 9.44. The Kier molecular flexibility index (Phi) is 5.09. The third-order valence-corrected chi connectivity index (χ3v) is 5.45. The van der Waals surface area contributed by atoms with E-state index in [0.29, 0.717) is 6.04 Å². The van der Waals surface area contributed by atoms with E-state index in [0.717, 1.165) is 5.69 Å². The summed E-state index contributed by atoms with van der Waals surface area (Å²) in [6.45, 7) is 11.3. The summed E-state index contributed by atoms with van der Waals surface area (Å²) in [6, 6.07) is 7.69. The highest BCUT2D eigenvalue weighted by Gasteiger charge is 2.28. The van der Waals surface area contributed by atoms with Crippen LogP contribution < -0.4 is 0 Å². The van der Waals surface area contributed by atoms with Gasteiger partial charge in [0.25, 0.3) is 0 Å². The smallest absolute Gasteiger partial charge is 0.0674 e. The Labute approximate surface area is 146 Å². The van der Waals surface area contributed by atoms with Gasteiger partial charge in [0.15, 0.2) is 0 Å². The number of fused-ring (bicyclic) bond motifs is 1.